The highest BCUT2D eigenvalue weighted by Crippen LogP contribution is 2.15. The zero-order chi connectivity index (χ0) is 11.1. The molecule has 15 heavy (non-hydrogen) atoms. The zero-order valence-electron chi connectivity index (χ0n) is 9.53. The van der Waals surface area contributed by atoms with Crippen LogP contribution in [0, 0.1) is 6.92 Å². The van der Waals surface area contributed by atoms with Gasteiger partial charge in [-0.15, -0.1) is 6.58 Å². The van der Waals surface area contributed by atoms with Crippen molar-refractivity contribution in [1.29, 1.82) is 0 Å². The van der Waals surface area contributed by atoms with E-state index in [2.05, 4.69) is 28.8 Å². The highest BCUT2D eigenvalue weighted by atomic mass is 15.0. The number of hydrogen-bond acceptors (Lipinski definition) is 3. The van der Waals surface area contributed by atoms with Crippen LogP contribution in [0.2, 0.25) is 0 Å². The van der Waals surface area contributed by atoms with Crippen LogP contribution in [0.5, 0.6) is 0 Å². The van der Waals surface area contributed by atoms with E-state index in [1.165, 1.54) is 0 Å². The quantitative estimate of drug-likeness (QED) is 0.725. The van der Waals surface area contributed by atoms with Gasteiger partial charge in [0, 0.05) is 12.2 Å². The second-order valence-electron chi connectivity index (χ2n) is 3.51. The lowest BCUT2D eigenvalue weighted by Crippen LogP contribution is -2.22. The molecule has 1 unspecified atom stereocenters. The van der Waals surface area contributed by atoms with Gasteiger partial charge in [-0.1, -0.05) is 13.0 Å². The van der Waals surface area contributed by atoms with Crippen LogP contribution in [0.25, 0.3) is 0 Å². The summed E-state index contributed by atoms with van der Waals surface area (Å²) in [7, 11) is 0. The summed E-state index contributed by atoms with van der Waals surface area (Å²) in [6.45, 7) is 8.72. The molecule has 0 spiro atoms. The van der Waals surface area contributed by atoms with Crippen LogP contribution in [-0.4, -0.2) is 16.5 Å². The molecule has 0 aliphatic carbocycles. The van der Waals surface area contributed by atoms with Crippen LogP contribution < -0.4 is 5.32 Å². The third-order valence-corrected chi connectivity index (χ3v) is 2.26. The maximum Gasteiger partial charge on any atom is 0.125 e. The third-order valence-electron chi connectivity index (χ3n) is 2.26. The Hall–Kier alpha value is -1.22. The Morgan fingerprint density at radius 3 is 3.00 bits per heavy atom. The molecule has 0 fully saturated rings. The molecule has 3 nitrogen and oxygen atoms in total. The van der Waals surface area contributed by atoms with Crippen molar-refractivity contribution < 1.29 is 0 Å². The molecule has 1 aromatic rings. The van der Waals surface area contributed by atoms with Crippen molar-refractivity contribution in [2.24, 2.45) is 0 Å². The van der Waals surface area contributed by atoms with E-state index in [4.69, 9.17) is 0 Å². The SMILES string of the molecule is C=CCCC(NCC)c1ccnc(C)n1. The largest absolute Gasteiger partial charge is 0.309 e. The summed E-state index contributed by atoms with van der Waals surface area (Å²) in [5.41, 5.74) is 1.08. The first-order chi connectivity index (χ1) is 7.27. The molecule has 82 valence electrons. The Balaban J connectivity index is 2.73. The lowest BCUT2D eigenvalue weighted by atomic mass is 10.1. The zero-order valence-corrected chi connectivity index (χ0v) is 9.53. The second kappa shape index (κ2) is 6.30. The predicted molar refractivity (Wildman–Crippen MR) is 62.6 cm³/mol. The van der Waals surface area contributed by atoms with Crippen molar-refractivity contribution in [3.05, 3.63) is 36.4 Å². The molecule has 1 rings (SSSR count). The Kier molecular flexibility index (Phi) is 4.98. The van der Waals surface area contributed by atoms with E-state index in [9.17, 15) is 0 Å². The molecule has 1 aromatic heterocycles. The number of nitrogens with zero attached hydrogens (tertiary/aromatic N) is 2. The Labute approximate surface area is 91.7 Å². The van der Waals surface area contributed by atoms with Crippen molar-refractivity contribution in [2.75, 3.05) is 6.54 Å². The minimum absolute atomic E-state index is 0.315. The standard InChI is InChI=1S/C12H19N3/c1-4-6-7-11(13-5-2)12-8-9-14-10(3)15-12/h4,8-9,11,13H,1,5-7H2,2-3H3. The van der Waals surface area contributed by atoms with Gasteiger partial charge in [0.05, 0.1) is 5.69 Å². The van der Waals surface area contributed by atoms with Crippen LogP contribution in [0.3, 0.4) is 0 Å². The van der Waals surface area contributed by atoms with Crippen molar-refractivity contribution in [2.45, 2.75) is 32.7 Å². The molecule has 0 saturated heterocycles. The lowest BCUT2D eigenvalue weighted by molar-refractivity contribution is 0.506. The van der Waals surface area contributed by atoms with Gasteiger partial charge in [0.25, 0.3) is 0 Å². The minimum atomic E-state index is 0.315. The van der Waals surface area contributed by atoms with Crippen LogP contribution in [-0.2, 0) is 0 Å². The van der Waals surface area contributed by atoms with Crippen LogP contribution in [0.15, 0.2) is 24.9 Å². The van der Waals surface area contributed by atoms with Crippen molar-refractivity contribution in [3.63, 3.8) is 0 Å². The van der Waals surface area contributed by atoms with Gasteiger partial charge in [-0.05, 0) is 32.4 Å². The summed E-state index contributed by atoms with van der Waals surface area (Å²) in [5.74, 6) is 0.828. The number of aryl methyl sites for hydroxylation is 1. The Bertz CT molecular complexity index is 309. The fourth-order valence-electron chi connectivity index (χ4n) is 1.55. The molecular formula is C12H19N3. The first kappa shape index (κ1) is 11.9. The fraction of sp³-hybridized carbons (Fsp3) is 0.500. The first-order valence-corrected chi connectivity index (χ1v) is 5.41. The molecule has 1 atom stereocenters. The summed E-state index contributed by atoms with van der Waals surface area (Å²) >= 11 is 0. The van der Waals surface area contributed by atoms with Gasteiger partial charge in [-0.3, -0.25) is 0 Å². The van der Waals surface area contributed by atoms with Gasteiger partial charge in [-0.25, -0.2) is 9.97 Å². The highest BCUT2D eigenvalue weighted by Gasteiger charge is 2.10. The third kappa shape index (κ3) is 3.80. The van der Waals surface area contributed by atoms with Gasteiger partial charge in [0.2, 0.25) is 0 Å². The fourth-order valence-corrected chi connectivity index (χ4v) is 1.55. The summed E-state index contributed by atoms with van der Waals surface area (Å²) in [6.07, 6.45) is 5.79. The summed E-state index contributed by atoms with van der Waals surface area (Å²) in [4.78, 5) is 8.54. The van der Waals surface area contributed by atoms with Gasteiger partial charge in [-0.2, -0.15) is 0 Å². The smallest absolute Gasteiger partial charge is 0.125 e. The van der Waals surface area contributed by atoms with E-state index in [0.717, 1.165) is 30.9 Å². The summed E-state index contributed by atoms with van der Waals surface area (Å²) in [5, 5.41) is 3.42. The average molecular weight is 205 g/mol. The molecule has 0 amide bonds. The molecule has 0 radical (unpaired) electrons. The average Bonchev–Trinajstić information content (AvgIpc) is 2.24. The molecule has 0 aliphatic rings. The summed E-state index contributed by atoms with van der Waals surface area (Å²) in [6, 6.07) is 2.29. The monoisotopic (exact) mass is 205 g/mol. The van der Waals surface area contributed by atoms with Crippen molar-refractivity contribution >= 4 is 0 Å². The molecule has 1 N–H and O–H groups in total. The molecular weight excluding hydrogens is 186 g/mol. The molecule has 0 saturated carbocycles. The Morgan fingerprint density at radius 2 is 2.40 bits per heavy atom. The molecule has 0 aromatic carbocycles. The maximum absolute atomic E-state index is 4.44. The van der Waals surface area contributed by atoms with Crippen molar-refractivity contribution in [1.82, 2.24) is 15.3 Å². The second-order valence-corrected chi connectivity index (χ2v) is 3.51. The van der Waals surface area contributed by atoms with E-state index < -0.39 is 0 Å². The number of nitrogens with one attached hydrogen (secondary N) is 1. The van der Waals surface area contributed by atoms with Gasteiger partial charge < -0.3 is 5.32 Å². The lowest BCUT2D eigenvalue weighted by Gasteiger charge is -2.16. The molecule has 0 aliphatic heterocycles. The predicted octanol–water partition coefficient (Wildman–Crippen LogP) is 2.40. The van der Waals surface area contributed by atoms with Crippen molar-refractivity contribution in [3.8, 4) is 0 Å². The maximum atomic E-state index is 4.44. The first-order valence-electron chi connectivity index (χ1n) is 5.41. The normalized spacial score (nSPS) is 12.4. The topological polar surface area (TPSA) is 37.8 Å². The van der Waals surface area contributed by atoms with E-state index in [1.807, 2.05) is 25.3 Å². The van der Waals surface area contributed by atoms with Crippen LogP contribution >= 0.6 is 0 Å². The van der Waals surface area contributed by atoms with E-state index in [1.54, 1.807) is 0 Å². The summed E-state index contributed by atoms with van der Waals surface area (Å²) < 4.78 is 0. The molecule has 0 bridgehead atoms. The number of aromatic nitrogens is 2. The minimum Gasteiger partial charge on any atom is -0.309 e. The molecule has 1 heterocycles. The molecule has 3 heteroatoms. The van der Waals surface area contributed by atoms with E-state index in [0.29, 0.717) is 6.04 Å². The van der Waals surface area contributed by atoms with Gasteiger partial charge >= 0.3 is 0 Å². The number of hydrogen-bond donors (Lipinski definition) is 1. The highest BCUT2D eigenvalue weighted by molar-refractivity contribution is 5.07. The van der Waals surface area contributed by atoms with Gasteiger partial charge in [0.1, 0.15) is 5.82 Å². The van der Waals surface area contributed by atoms with E-state index >= 15 is 0 Å². The van der Waals surface area contributed by atoms with E-state index in [-0.39, 0.29) is 0 Å². The van der Waals surface area contributed by atoms with Crippen LogP contribution in [0.1, 0.15) is 37.3 Å². The van der Waals surface area contributed by atoms with Gasteiger partial charge in [0.15, 0.2) is 0 Å². The van der Waals surface area contributed by atoms with Crippen LogP contribution in [0.4, 0.5) is 0 Å². The Morgan fingerprint density at radius 1 is 1.60 bits per heavy atom. The number of rotatable bonds is 6. The number of allylic oxidation sites excluding steroid dienone is 1.